The number of anilines is 2. The van der Waals surface area contributed by atoms with Crippen LogP contribution in [0.3, 0.4) is 0 Å². The van der Waals surface area contributed by atoms with E-state index in [-0.39, 0.29) is 11.5 Å². The number of nitrogens with zero attached hydrogens (tertiary/aromatic N) is 1. The topological polar surface area (TPSA) is 65.2 Å². The SMILES string of the molecule is CCc1ccc2[nH]c(=O)c(CNc3cccc(N4CCCC4=O)c3)cc2c1. The molecule has 27 heavy (non-hydrogen) atoms. The number of fused-ring (bicyclic) bond motifs is 1. The first-order chi connectivity index (χ1) is 13.1. The third-order valence-corrected chi connectivity index (χ3v) is 5.11. The molecule has 1 aliphatic heterocycles. The van der Waals surface area contributed by atoms with Gasteiger partial charge in [0.2, 0.25) is 5.91 Å². The van der Waals surface area contributed by atoms with Gasteiger partial charge in [0, 0.05) is 42.0 Å². The van der Waals surface area contributed by atoms with Crippen LogP contribution in [0.5, 0.6) is 0 Å². The van der Waals surface area contributed by atoms with Crippen LogP contribution in [-0.2, 0) is 17.8 Å². The molecule has 0 unspecified atom stereocenters. The number of hydrogen-bond donors (Lipinski definition) is 2. The summed E-state index contributed by atoms with van der Waals surface area (Å²) in [5, 5.41) is 4.36. The number of carbonyl (C=O) groups excluding carboxylic acids is 1. The van der Waals surface area contributed by atoms with E-state index in [4.69, 9.17) is 0 Å². The minimum Gasteiger partial charge on any atom is -0.381 e. The van der Waals surface area contributed by atoms with Gasteiger partial charge >= 0.3 is 0 Å². The molecule has 1 amide bonds. The van der Waals surface area contributed by atoms with E-state index in [9.17, 15) is 9.59 Å². The molecule has 0 bridgehead atoms. The highest BCUT2D eigenvalue weighted by Crippen LogP contribution is 2.24. The molecule has 1 fully saturated rings. The second-order valence-electron chi connectivity index (χ2n) is 6.95. The number of aryl methyl sites for hydroxylation is 1. The number of amides is 1. The van der Waals surface area contributed by atoms with Gasteiger partial charge in [-0.3, -0.25) is 9.59 Å². The molecule has 1 aromatic heterocycles. The van der Waals surface area contributed by atoms with Crippen molar-refractivity contribution in [1.29, 1.82) is 0 Å². The zero-order valence-electron chi connectivity index (χ0n) is 15.4. The van der Waals surface area contributed by atoms with E-state index in [1.54, 1.807) is 0 Å². The number of carbonyl (C=O) groups is 1. The Balaban J connectivity index is 1.55. The van der Waals surface area contributed by atoms with Crippen LogP contribution in [0.15, 0.2) is 53.3 Å². The number of rotatable bonds is 5. The highest BCUT2D eigenvalue weighted by atomic mass is 16.2. The molecule has 2 aromatic carbocycles. The standard InChI is InChI=1S/C22H23N3O2/c1-2-15-8-9-20-16(11-15)12-17(22(27)24-20)14-23-18-5-3-6-19(13-18)25-10-4-7-21(25)26/h3,5-6,8-9,11-13,23H,2,4,7,10,14H2,1H3,(H,24,27). The van der Waals surface area contributed by atoms with Crippen LogP contribution < -0.4 is 15.8 Å². The smallest absolute Gasteiger partial charge is 0.253 e. The lowest BCUT2D eigenvalue weighted by atomic mass is 10.1. The Morgan fingerprint density at radius 3 is 2.78 bits per heavy atom. The molecule has 0 radical (unpaired) electrons. The first-order valence-corrected chi connectivity index (χ1v) is 9.43. The summed E-state index contributed by atoms with van der Waals surface area (Å²) in [6.07, 6.45) is 2.48. The van der Waals surface area contributed by atoms with Crippen molar-refractivity contribution in [2.24, 2.45) is 0 Å². The predicted molar refractivity (Wildman–Crippen MR) is 109 cm³/mol. The van der Waals surface area contributed by atoms with Gasteiger partial charge in [0.15, 0.2) is 0 Å². The summed E-state index contributed by atoms with van der Waals surface area (Å²) in [6.45, 7) is 3.32. The summed E-state index contributed by atoms with van der Waals surface area (Å²) in [6, 6.07) is 15.9. The molecule has 5 nitrogen and oxygen atoms in total. The average Bonchev–Trinajstić information content (AvgIpc) is 3.12. The fourth-order valence-electron chi connectivity index (χ4n) is 3.55. The molecule has 2 heterocycles. The summed E-state index contributed by atoms with van der Waals surface area (Å²) in [5.41, 5.74) is 4.52. The molecule has 3 aromatic rings. The summed E-state index contributed by atoms with van der Waals surface area (Å²) in [7, 11) is 0. The summed E-state index contributed by atoms with van der Waals surface area (Å²) in [5.74, 6) is 0.171. The first-order valence-electron chi connectivity index (χ1n) is 9.43. The Hall–Kier alpha value is -3.08. The molecule has 0 atom stereocenters. The van der Waals surface area contributed by atoms with Gasteiger partial charge in [-0.15, -0.1) is 0 Å². The first kappa shape index (κ1) is 17.3. The van der Waals surface area contributed by atoms with Crippen LogP contribution in [0.2, 0.25) is 0 Å². The third-order valence-electron chi connectivity index (χ3n) is 5.11. The fraction of sp³-hybridized carbons (Fsp3) is 0.273. The van der Waals surface area contributed by atoms with E-state index in [0.717, 1.165) is 41.7 Å². The maximum atomic E-state index is 12.4. The van der Waals surface area contributed by atoms with Gasteiger partial charge in [-0.2, -0.15) is 0 Å². The fourth-order valence-corrected chi connectivity index (χ4v) is 3.55. The minimum atomic E-state index is -0.0786. The monoisotopic (exact) mass is 361 g/mol. The number of aromatic nitrogens is 1. The Morgan fingerprint density at radius 2 is 2.00 bits per heavy atom. The zero-order chi connectivity index (χ0) is 18.8. The molecule has 138 valence electrons. The van der Waals surface area contributed by atoms with Crippen molar-refractivity contribution in [1.82, 2.24) is 4.98 Å². The van der Waals surface area contributed by atoms with Crippen LogP contribution >= 0.6 is 0 Å². The maximum Gasteiger partial charge on any atom is 0.253 e. The second kappa shape index (κ2) is 7.27. The summed E-state index contributed by atoms with van der Waals surface area (Å²) in [4.78, 5) is 29.1. The van der Waals surface area contributed by atoms with Gasteiger partial charge < -0.3 is 15.2 Å². The Morgan fingerprint density at radius 1 is 1.11 bits per heavy atom. The van der Waals surface area contributed by atoms with Gasteiger partial charge in [-0.05, 0) is 60.2 Å². The van der Waals surface area contributed by atoms with Gasteiger partial charge in [0.05, 0.1) is 0 Å². The van der Waals surface area contributed by atoms with E-state index >= 15 is 0 Å². The molecule has 1 aliphatic rings. The van der Waals surface area contributed by atoms with Crippen molar-refractivity contribution in [3.05, 3.63) is 70.0 Å². The number of benzene rings is 2. The molecule has 0 spiro atoms. The van der Waals surface area contributed by atoms with E-state index in [2.05, 4.69) is 23.3 Å². The number of H-pyrrole nitrogens is 1. The Bertz CT molecular complexity index is 1050. The van der Waals surface area contributed by atoms with Gasteiger partial charge in [0.1, 0.15) is 0 Å². The van der Waals surface area contributed by atoms with Crippen LogP contribution in [0, 0.1) is 0 Å². The number of hydrogen-bond acceptors (Lipinski definition) is 3. The Labute approximate surface area is 158 Å². The predicted octanol–water partition coefficient (Wildman–Crippen LogP) is 3.83. The summed E-state index contributed by atoms with van der Waals surface area (Å²) < 4.78 is 0. The van der Waals surface area contributed by atoms with E-state index in [1.165, 1.54) is 5.56 Å². The quantitative estimate of drug-likeness (QED) is 0.726. The molecule has 2 N–H and O–H groups in total. The van der Waals surface area contributed by atoms with Crippen LogP contribution in [-0.4, -0.2) is 17.4 Å². The van der Waals surface area contributed by atoms with Gasteiger partial charge in [0.25, 0.3) is 5.56 Å². The van der Waals surface area contributed by atoms with Crippen LogP contribution in [0.1, 0.15) is 30.9 Å². The van der Waals surface area contributed by atoms with Crippen molar-refractivity contribution in [2.75, 3.05) is 16.8 Å². The average molecular weight is 361 g/mol. The lowest BCUT2D eigenvalue weighted by Gasteiger charge is -2.17. The minimum absolute atomic E-state index is 0.0786. The van der Waals surface area contributed by atoms with E-state index < -0.39 is 0 Å². The number of pyridine rings is 1. The molecule has 0 saturated carbocycles. The number of aromatic amines is 1. The Kier molecular flexibility index (Phi) is 4.67. The lowest BCUT2D eigenvalue weighted by molar-refractivity contribution is -0.117. The van der Waals surface area contributed by atoms with Crippen molar-refractivity contribution in [2.45, 2.75) is 32.7 Å². The van der Waals surface area contributed by atoms with Crippen molar-refractivity contribution in [3.8, 4) is 0 Å². The van der Waals surface area contributed by atoms with E-state index in [0.29, 0.717) is 18.5 Å². The molecule has 4 rings (SSSR count). The zero-order valence-corrected chi connectivity index (χ0v) is 15.4. The number of nitrogens with one attached hydrogen (secondary N) is 2. The van der Waals surface area contributed by atoms with Crippen molar-refractivity contribution < 1.29 is 4.79 Å². The second-order valence-corrected chi connectivity index (χ2v) is 6.95. The van der Waals surface area contributed by atoms with Crippen molar-refractivity contribution in [3.63, 3.8) is 0 Å². The largest absolute Gasteiger partial charge is 0.381 e. The lowest BCUT2D eigenvalue weighted by Crippen LogP contribution is -2.23. The molecule has 0 aliphatic carbocycles. The normalized spacial score (nSPS) is 14.1. The van der Waals surface area contributed by atoms with Gasteiger partial charge in [-0.25, -0.2) is 0 Å². The molecule has 1 saturated heterocycles. The molecular formula is C22H23N3O2. The summed E-state index contributed by atoms with van der Waals surface area (Å²) >= 11 is 0. The molecule has 5 heteroatoms. The van der Waals surface area contributed by atoms with Crippen LogP contribution in [0.4, 0.5) is 11.4 Å². The maximum absolute atomic E-state index is 12.4. The van der Waals surface area contributed by atoms with Crippen LogP contribution in [0.25, 0.3) is 10.9 Å². The molecular weight excluding hydrogens is 338 g/mol. The van der Waals surface area contributed by atoms with Gasteiger partial charge in [-0.1, -0.05) is 19.1 Å². The van der Waals surface area contributed by atoms with E-state index in [1.807, 2.05) is 47.4 Å². The highest BCUT2D eigenvalue weighted by Gasteiger charge is 2.21. The van der Waals surface area contributed by atoms with Crippen molar-refractivity contribution >= 4 is 28.2 Å². The third kappa shape index (κ3) is 3.58. The highest BCUT2D eigenvalue weighted by molar-refractivity contribution is 5.95.